The van der Waals surface area contributed by atoms with Crippen LogP contribution in [-0.2, 0) is 19.7 Å². The van der Waals surface area contributed by atoms with Crippen LogP contribution in [0.3, 0.4) is 0 Å². The molecule has 1 aromatic carbocycles. The van der Waals surface area contributed by atoms with E-state index < -0.39 is 17.3 Å². The standard InChI is InChI=1S/C17H17FO3/c1-10-11-5-3-4-6-13(11)17(15(10)18)8-7-12(14(19)9-17)16(20)21-2/h3-6,12H,7-9H2,1-2H3/t12?,17-/m0/s1. The number of esters is 1. The zero-order valence-electron chi connectivity index (χ0n) is 12.1. The van der Waals surface area contributed by atoms with Crippen LogP contribution in [0.1, 0.15) is 37.3 Å². The SMILES string of the molecule is COC(=O)C1CC[C@@]2(CC1=O)C(F)=C(C)c1ccccc12. The molecule has 21 heavy (non-hydrogen) atoms. The van der Waals surface area contributed by atoms with E-state index in [2.05, 4.69) is 4.74 Å². The number of Topliss-reactive ketones (excluding diaryl/α,β-unsaturated/α-hetero) is 1. The molecule has 0 aliphatic heterocycles. The Balaban J connectivity index is 2.01. The lowest BCUT2D eigenvalue weighted by molar-refractivity contribution is -0.151. The summed E-state index contributed by atoms with van der Waals surface area (Å²) in [4.78, 5) is 24.0. The number of carbonyl (C=O) groups is 2. The Morgan fingerprint density at radius 3 is 2.76 bits per heavy atom. The second-order valence-corrected chi connectivity index (χ2v) is 5.82. The molecule has 0 radical (unpaired) electrons. The van der Waals surface area contributed by atoms with E-state index in [-0.39, 0.29) is 18.0 Å². The Morgan fingerprint density at radius 1 is 1.38 bits per heavy atom. The van der Waals surface area contributed by atoms with Crippen LogP contribution in [0, 0.1) is 5.92 Å². The minimum Gasteiger partial charge on any atom is -0.468 e. The van der Waals surface area contributed by atoms with Gasteiger partial charge < -0.3 is 4.74 Å². The van der Waals surface area contributed by atoms with Crippen molar-refractivity contribution >= 4 is 17.3 Å². The van der Waals surface area contributed by atoms with Crippen molar-refractivity contribution in [2.24, 2.45) is 5.92 Å². The molecule has 0 N–H and O–H groups in total. The van der Waals surface area contributed by atoms with Crippen molar-refractivity contribution in [1.82, 2.24) is 0 Å². The molecule has 3 nitrogen and oxygen atoms in total. The molecule has 0 amide bonds. The van der Waals surface area contributed by atoms with Gasteiger partial charge in [-0.25, -0.2) is 4.39 Å². The van der Waals surface area contributed by atoms with Gasteiger partial charge in [0.25, 0.3) is 0 Å². The molecule has 0 heterocycles. The van der Waals surface area contributed by atoms with Crippen LogP contribution in [0.25, 0.3) is 5.57 Å². The van der Waals surface area contributed by atoms with Crippen LogP contribution in [0.4, 0.5) is 4.39 Å². The summed E-state index contributed by atoms with van der Waals surface area (Å²) in [6.45, 7) is 1.75. The van der Waals surface area contributed by atoms with E-state index in [1.807, 2.05) is 24.3 Å². The molecule has 3 rings (SSSR count). The first-order valence-corrected chi connectivity index (χ1v) is 7.08. The number of halogens is 1. The molecule has 110 valence electrons. The summed E-state index contributed by atoms with van der Waals surface area (Å²) in [6.07, 6.45) is 0.826. The fourth-order valence-electron chi connectivity index (χ4n) is 3.69. The summed E-state index contributed by atoms with van der Waals surface area (Å²) in [5.74, 6) is -1.71. The molecule has 1 aromatic rings. The van der Waals surface area contributed by atoms with E-state index in [0.29, 0.717) is 18.4 Å². The van der Waals surface area contributed by atoms with Crippen LogP contribution < -0.4 is 0 Å². The molecule has 0 bridgehead atoms. The third-order valence-electron chi connectivity index (χ3n) is 4.81. The Kier molecular flexibility index (Phi) is 3.19. The molecule has 2 aliphatic rings. The quantitative estimate of drug-likeness (QED) is 0.589. The van der Waals surface area contributed by atoms with Crippen LogP contribution in [0.2, 0.25) is 0 Å². The van der Waals surface area contributed by atoms with Crippen molar-refractivity contribution in [2.45, 2.75) is 31.6 Å². The number of ketones is 1. The maximum Gasteiger partial charge on any atom is 0.316 e. The number of carbonyl (C=O) groups excluding carboxylic acids is 2. The highest BCUT2D eigenvalue weighted by molar-refractivity contribution is 6.01. The molecular weight excluding hydrogens is 271 g/mol. The lowest BCUT2D eigenvalue weighted by Gasteiger charge is -2.36. The first-order valence-electron chi connectivity index (χ1n) is 7.08. The number of rotatable bonds is 1. The summed E-state index contributed by atoms with van der Waals surface area (Å²) >= 11 is 0. The predicted molar refractivity (Wildman–Crippen MR) is 76.2 cm³/mol. The highest BCUT2D eigenvalue weighted by atomic mass is 19.1. The van der Waals surface area contributed by atoms with Crippen molar-refractivity contribution in [2.75, 3.05) is 7.11 Å². The second-order valence-electron chi connectivity index (χ2n) is 5.82. The Labute approximate surface area is 122 Å². The van der Waals surface area contributed by atoms with Gasteiger partial charge in [-0.15, -0.1) is 0 Å². The fourth-order valence-corrected chi connectivity index (χ4v) is 3.69. The van der Waals surface area contributed by atoms with Gasteiger partial charge in [-0.2, -0.15) is 0 Å². The van der Waals surface area contributed by atoms with Crippen molar-refractivity contribution in [3.05, 3.63) is 41.2 Å². The zero-order chi connectivity index (χ0) is 15.2. The molecule has 1 saturated carbocycles. The normalized spacial score (nSPS) is 28.0. The van der Waals surface area contributed by atoms with Gasteiger partial charge >= 0.3 is 5.97 Å². The molecule has 1 fully saturated rings. The van der Waals surface area contributed by atoms with Crippen LogP contribution in [-0.4, -0.2) is 18.9 Å². The van der Waals surface area contributed by atoms with E-state index in [4.69, 9.17) is 0 Å². The summed E-state index contributed by atoms with van der Waals surface area (Å²) < 4.78 is 19.5. The first kappa shape index (κ1) is 14.0. The molecule has 2 aliphatic carbocycles. The van der Waals surface area contributed by atoms with Gasteiger partial charge in [0.05, 0.1) is 12.5 Å². The minimum atomic E-state index is -0.873. The lowest BCUT2D eigenvalue weighted by Crippen LogP contribution is -2.40. The van der Waals surface area contributed by atoms with Crippen molar-refractivity contribution < 1.29 is 18.7 Å². The number of ether oxygens (including phenoxy) is 1. The molecule has 4 heteroatoms. The largest absolute Gasteiger partial charge is 0.468 e. The number of hydrogen-bond donors (Lipinski definition) is 0. The molecule has 2 atom stereocenters. The average Bonchev–Trinajstić information content (AvgIpc) is 2.70. The van der Waals surface area contributed by atoms with E-state index >= 15 is 0 Å². The van der Waals surface area contributed by atoms with E-state index in [9.17, 15) is 14.0 Å². The Morgan fingerprint density at radius 2 is 2.10 bits per heavy atom. The molecule has 0 saturated heterocycles. The third kappa shape index (κ3) is 1.85. The smallest absolute Gasteiger partial charge is 0.316 e. The monoisotopic (exact) mass is 288 g/mol. The first-order chi connectivity index (χ1) is 10.0. The fraction of sp³-hybridized carbons (Fsp3) is 0.412. The summed E-state index contributed by atoms with van der Waals surface area (Å²) in [7, 11) is 1.27. The van der Waals surface area contributed by atoms with Gasteiger partial charge in [-0.1, -0.05) is 24.3 Å². The summed E-state index contributed by atoms with van der Waals surface area (Å²) in [5.41, 5.74) is 1.48. The second kappa shape index (κ2) is 4.79. The lowest BCUT2D eigenvalue weighted by atomic mass is 9.66. The number of fused-ring (bicyclic) bond motifs is 2. The van der Waals surface area contributed by atoms with Gasteiger partial charge in [0, 0.05) is 6.42 Å². The van der Waals surface area contributed by atoms with Gasteiger partial charge in [-0.05, 0) is 36.5 Å². The molecule has 0 aromatic heterocycles. The van der Waals surface area contributed by atoms with Crippen molar-refractivity contribution in [3.8, 4) is 0 Å². The number of methoxy groups -OCH3 is 1. The van der Waals surface area contributed by atoms with E-state index in [0.717, 1.165) is 11.1 Å². The topological polar surface area (TPSA) is 43.4 Å². The minimum absolute atomic E-state index is 0.0347. The van der Waals surface area contributed by atoms with Crippen LogP contribution in [0.15, 0.2) is 30.1 Å². The highest BCUT2D eigenvalue weighted by Crippen LogP contribution is 2.54. The van der Waals surface area contributed by atoms with Gasteiger partial charge in [-0.3, -0.25) is 9.59 Å². The Hall–Kier alpha value is -1.97. The molecule has 1 spiro atoms. The van der Waals surface area contributed by atoms with E-state index in [1.165, 1.54) is 7.11 Å². The van der Waals surface area contributed by atoms with Gasteiger partial charge in [0.15, 0.2) is 0 Å². The number of allylic oxidation sites excluding steroid dienone is 2. The summed E-state index contributed by atoms with van der Waals surface area (Å²) in [5, 5.41) is 0. The predicted octanol–water partition coefficient (Wildman–Crippen LogP) is 3.18. The third-order valence-corrected chi connectivity index (χ3v) is 4.81. The maximum atomic E-state index is 14.8. The Bertz CT molecular complexity index is 662. The van der Waals surface area contributed by atoms with Crippen LogP contribution >= 0.6 is 0 Å². The van der Waals surface area contributed by atoms with Gasteiger partial charge in [0.1, 0.15) is 17.5 Å². The maximum absolute atomic E-state index is 14.8. The molecule has 1 unspecified atom stereocenters. The van der Waals surface area contributed by atoms with E-state index in [1.54, 1.807) is 6.92 Å². The van der Waals surface area contributed by atoms with Crippen molar-refractivity contribution in [3.63, 3.8) is 0 Å². The molecular formula is C17H17FO3. The average molecular weight is 288 g/mol. The van der Waals surface area contributed by atoms with Crippen LogP contribution in [0.5, 0.6) is 0 Å². The highest BCUT2D eigenvalue weighted by Gasteiger charge is 2.51. The van der Waals surface area contributed by atoms with Gasteiger partial charge in [0.2, 0.25) is 0 Å². The zero-order valence-corrected chi connectivity index (χ0v) is 12.1. The number of hydrogen-bond acceptors (Lipinski definition) is 3. The van der Waals surface area contributed by atoms with Crippen molar-refractivity contribution in [1.29, 1.82) is 0 Å². The summed E-state index contributed by atoms with van der Waals surface area (Å²) in [6, 6.07) is 7.51. The number of benzene rings is 1.